The molecule has 0 amide bonds. The van der Waals surface area contributed by atoms with Gasteiger partial charge in [0.25, 0.3) is 0 Å². The molecule has 5 heteroatoms. The molecule has 4 nitrogen and oxygen atoms in total. The number of nitrogens with zero attached hydrogens (tertiary/aromatic N) is 1. The maximum absolute atomic E-state index is 10.5. The molecule has 0 rings (SSSR count). The summed E-state index contributed by atoms with van der Waals surface area (Å²) in [5.41, 5.74) is 0. The van der Waals surface area contributed by atoms with Crippen LogP contribution < -0.4 is 5.32 Å². The van der Waals surface area contributed by atoms with E-state index in [1.807, 2.05) is 0 Å². The van der Waals surface area contributed by atoms with Crippen LogP contribution in [0.1, 0.15) is 20.8 Å². The molecule has 0 unspecified atom stereocenters. The summed E-state index contributed by atoms with van der Waals surface area (Å²) in [6.45, 7) is 6.24. The number of hydrogen-bond donors (Lipinski definition) is 1. The summed E-state index contributed by atoms with van der Waals surface area (Å²) in [4.78, 5) is 15.3. The summed E-state index contributed by atoms with van der Waals surface area (Å²) < 4.78 is 0. The SMILES string of the molecule is CC(=O)ON(C)C(=S)NCC(C)C. The van der Waals surface area contributed by atoms with E-state index in [1.54, 1.807) is 7.05 Å². The molecule has 0 aromatic heterocycles. The molecule has 76 valence electrons. The lowest BCUT2D eigenvalue weighted by Crippen LogP contribution is -2.39. The fourth-order valence-corrected chi connectivity index (χ4v) is 0.758. The molecule has 0 atom stereocenters. The van der Waals surface area contributed by atoms with Crippen molar-refractivity contribution in [3.8, 4) is 0 Å². The highest BCUT2D eigenvalue weighted by atomic mass is 32.1. The summed E-state index contributed by atoms with van der Waals surface area (Å²) in [5.74, 6) is 0.125. The quantitative estimate of drug-likeness (QED) is 0.535. The van der Waals surface area contributed by atoms with E-state index in [4.69, 9.17) is 17.1 Å². The van der Waals surface area contributed by atoms with E-state index in [1.165, 1.54) is 12.0 Å². The van der Waals surface area contributed by atoms with Crippen molar-refractivity contribution in [2.24, 2.45) is 5.92 Å². The Kier molecular flexibility index (Phi) is 5.37. The topological polar surface area (TPSA) is 41.6 Å². The van der Waals surface area contributed by atoms with E-state index < -0.39 is 0 Å². The van der Waals surface area contributed by atoms with Gasteiger partial charge in [-0.15, -0.1) is 0 Å². The minimum Gasteiger partial charge on any atom is -0.360 e. The largest absolute Gasteiger partial charge is 0.360 e. The van der Waals surface area contributed by atoms with Crippen molar-refractivity contribution < 1.29 is 9.63 Å². The molecule has 0 saturated carbocycles. The molecule has 0 aromatic carbocycles. The summed E-state index contributed by atoms with van der Waals surface area (Å²) in [6.07, 6.45) is 0. The zero-order valence-corrected chi connectivity index (χ0v) is 9.27. The van der Waals surface area contributed by atoms with Gasteiger partial charge in [-0.1, -0.05) is 13.8 Å². The molecule has 13 heavy (non-hydrogen) atoms. The van der Waals surface area contributed by atoms with E-state index >= 15 is 0 Å². The summed E-state index contributed by atoms with van der Waals surface area (Å²) >= 11 is 4.95. The summed E-state index contributed by atoms with van der Waals surface area (Å²) in [7, 11) is 1.59. The van der Waals surface area contributed by atoms with Gasteiger partial charge in [0.1, 0.15) is 0 Å². The summed E-state index contributed by atoms with van der Waals surface area (Å²) in [5, 5.41) is 4.64. The van der Waals surface area contributed by atoms with E-state index in [-0.39, 0.29) is 5.97 Å². The second-order valence-electron chi connectivity index (χ2n) is 3.16. The predicted octanol–water partition coefficient (Wildman–Crippen LogP) is 0.927. The first kappa shape index (κ1) is 12.2. The fourth-order valence-electron chi connectivity index (χ4n) is 0.637. The van der Waals surface area contributed by atoms with Crippen LogP contribution >= 0.6 is 12.2 Å². The summed E-state index contributed by atoms with van der Waals surface area (Å²) in [6, 6.07) is 0. The molecule has 0 aliphatic carbocycles. The maximum atomic E-state index is 10.5. The van der Waals surface area contributed by atoms with Gasteiger partial charge in [-0.25, -0.2) is 0 Å². The number of hydrogen-bond acceptors (Lipinski definition) is 3. The lowest BCUT2D eigenvalue weighted by atomic mass is 10.2. The van der Waals surface area contributed by atoms with Crippen LogP contribution in [0.5, 0.6) is 0 Å². The Balaban J connectivity index is 3.76. The van der Waals surface area contributed by atoms with Crippen LogP contribution in [0.3, 0.4) is 0 Å². The van der Waals surface area contributed by atoms with Gasteiger partial charge in [-0.05, 0) is 18.1 Å². The Hall–Kier alpha value is -0.840. The third-order valence-corrected chi connectivity index (χ3v) is 1.61. The van der Waals surface area contributed by atoms with Gasteiger partial charge < -0.3 is 10.2 Å². The third-order valence-electron chi connectivity index (χ3n) is 1.21. The van der Waals surface area contributed by atoms with Gasteiger partial charge in [0.05, 0.1) is 0 Å². The first-order valence-corrected chi connectivity index (χ1v) is 4.54. The van der Waals surface area contributed by atoms with Gasteiger partial charge in [0.2, 0.25) is 5.11 Å². The van der Waals surface area contributed by atoms with Gasteiger partial charge >= 0.3 is 5.97 Å². The first-order chi connectivity index (χ1) is 5.93. The van der Waals surface area contributed by atoms with Gasteiger partial charge in [0.15, 0.2) is 0 Å². The van der Waals surface area contributed by atoms with Crippen LogP contribution in [0.15, 0.2) is 0 Å². The van der Waals surface area contributed by atoms with Crippen LogP contribution in [0, 0.1) is 5.92 Å². The molecule has 0 aliphatic heterocycles. The molecule has 0 saturated heterocycles. The van der Waals surface area contributed by atoms with Gasteiger partial charge in [-0.3, -0.25) is 4.79 Å². The zero-order valence-electron chi connectivity index (χ0n) is 8.46. The van der Waals surface area contributed by atoms with E-state index in [0.717, 1.165) is 6.54 Å². The molecule has 0 bridgehead atoms. The number of carbonyl (C=O) groups excluding carboxylic acids is 1. The molecular weight excluding hydrogens is 188 g/mol. The highest BCUT2D eigenvalue weighted by molar-refractivity contribution is 7.80. The third kappa shape index (κ3) is 6.33. The molecule has 0 fully saturated rings. The smallest absolute Gasteiger partial charge is 0.329 e. The van der Waals surface area contributed by atoms with Crippen molar-refractivity contribution in [1.29, 1.82) is 0 Å². The van der Waals surface area contributed by atoms with Crippen LogP contribution in [-0.4, -0.2) is 29.7 Å². The van der Waals surface area contributed by atoms with Crippen molar-refractivity contribution in [2.75, 3.05) is 13.6 Å². The number of thiocarbonyl (C=S) groups is 1. The standard InChI is InChI=1S/C8H16N2O2S/c1-6(2)5-9-8(13)10(4)12-7(3)11/h6H,5H2,1-4H3,(H,9,13). The average Bonchev–Trinajstić information content (AvgIpc) is 1.98. The van der Waals surface area contributed by atoms with Gasteiger partial charge in [-0.2, -0.15) is 5.06 Å². The predicted molar refractivity (Wildman–Crippen MR) is 55.0 cm³/mol. The van der Waals surface area contributed by atoms with Crippen LogP contribution in [0.4, 0.5) is 0 Å². The lowest BCUT2D eigenvalue weighted by molar-refractivity contribution is -0.165. The monoisotopic (exact) mass is 204 g/mol. The second-order valence-corrected chi connectivity index (χ2v) is 3.55. The number of hydroxylamine groups is 2. The van der Waals surface area contributed by atoms with Crippen molar-refractivity contribution in [3.63, 3.8) is 0 Å². The van der Waals surface area contributed by atoms with Gasteiger partial charge in [0, 0.05) is 20.5 Å². The Labute approximate surface area is 84.2 Å². The van der Waals surface area contributed by atoms with Crippen LogP contribution in [-0.2, 0) is 9.63 Å². The molecule has 1 N–H and O–H groups in total. The maximum Gasteiger partial charge on any atom is 0.329 e. The van der Waals surface area contributed by atoms with E-state index in [0.29, 0.717) is 11.0 Å². The van der Waals surface area contributed by atoms with Crippen molar-refractivity contribution in [3.05, 3.63) is 0 Å². The molecule has 0 aromatic rings. The Morgan fingerprint density at radius 2 is 2.15 bits per heavy atom. The molecule has 0 heterocycles. The zero-order chi connectivity index (χ0) is 10.4. The van der Waals surface area contributed by atoms with E-state index in [2.05, 4.69) is 19.2 Å². The van der Waals surface area contributed by atoms with Crippen LogP contribution in [0.25, 0.3) is 0 Å². The number of nitrogens with one attached hydrogen (secondary N) is 1. The fraction of sp³-hybridized carbons (Fsp3) is 0.750. The van der Waals surface area contributed by atoms with Crippen LogP contribution in [0.2, 0.25) is 0 Å². The second kappa shape index (κ2) is 5.75. The Bertz CT molecular complexity index is 195. The number of rotatable bonds is 2. The highest BCUT2D eigenvalue weighted by Gasteiger charge is 2.06. The highest BCUT2D eigenvalue weighted by Crippen LogP contribution is 1.91. The Morgan fingerprint density at radius 3 is 2.54 bits per heavy atom. The lowest BCUT2D eigenvalue weighted by Gasteiger charge is -2.19. The minimum absolute atomic E-state index is 0.379. The normalized spacial score (nSPS) is 9.62. The minimum atomic E-state index is -0.379. The average molecular weight is 204 g/mol. The van der Waals surface area contributed by atoms with Crippen molar-refractivity contribution in [2.45, 2.75) is 20.8 Å². The van der Waals surface area contributed by atoms with E-state index in [9.17, 15) is 4.79 Å². The molecule has 0 aliphatic rings. The molecular formula is C8H16N2O2S. The number of carbonyl (C=O) groups is 1. The molecule has 0 spiro atoms. The molecule has 0 radical (unpaired) electrons. The Morgan fingerprint density at radius 1 is 1.62 bits per heavy atom. The van der Waals surface area contributed by atoms with Crippen molar-refractivity contribution in [1.82, 2.24) is 10.4 Å². The van der Waals surface area contributed by atoms with Crippen molar-refractivity contribution >= 4 is 23.3 Å². The first-order valence-electron chi connectivity index (χ1n) is 4.13.